The van der Waals surface area contributed by atoms with Gasteiger partial charge in [-0.15, -0.1) is 0 Å². The Kier molecular flexibility index (Phi) is 5.30. The van der Waals surface area contributed by atoms with E-state index in [0.29, 0.717) is 5.95 Å². The molecule has 0 fully saturated rings. The zero-order valence-corrected chi connectivity index (χ0v) is 26.0. The van der Waals surface area contributed by atoms with E-state index in [2.05, 4.69) is 154 Å². The number of aromatic nitrogens is 3. The smallest absolute Gasteiger partial charge is 0.235 e. The maximum absolute atomic E-state index is 5.31. The summed E-state index contributed by atoms with van der Waals surface area (Å²) in [6, 6.07) is 45.9. The Morgan fingerprint density at radius 1 is 0.489 bits per heavy atom. The summed E-state index contributed by atoms with van der Waals surface area (Å²) in [7, 11) is 0. The molecule has 0 amide bonds. The number of hydrogen-bond acceptors (Lipinski definition) is 2. The molecule has 0 radical (unpaired) electrons. The van der Waals surface area contributed by atoms with Crippen LogP contribution in [0.5, 0.6) is 0 Å². The third kappa shape index (κ3) is 3.58. The lowest BCUT2D eigenvalue weighted by molar-refractivity contribution is 0.299. The highest BCUT2D eigenvalue weighted by Gasteiger charge is 2.46. The third-order valence-electron chi connectivity index (χ3n) is 10.7. The van der Waals surface area contributed by atoms with Crippen LogP contribution in [-0.4, -0.2) is 14.5 Å². The van der Waals surface area contributed by atoms with Crippen LogP contribution in [0.2, 0.25) is 0 Å². The van der Waals surface area contributed by atoms with Crippen LogP contribution in [0.25, 0.3) is 71.8 Å². The second-order valence-corrected chi connectivity index (χ2v) is 13.5. The summed E-state index contributed by atoms with van der Waals surface area (Å²) in [4.78, 5) is 10.5. The SMILES string of the molecule is CC1(C)c2cc3ccccc3cc2-c2cc3c4ccccc4n(-c4nc(-c5ccccc5)c5ccccc5n4)c3cc2C1(C)C. The summed E-state index contributed by atoms with van der Waals surface area (Å²) in [5.41, 5.74) is 10.4. The Balaban J connectivity index is 1.40. The van der Waals surface area contributed by atoms with Crippen molar-refractivity contribution in [2.75, 3.05) is 0 Å². The minimum Gasteiger partial charge on any atom is -0.278 e. The molecule has 0 N–H and O–H groups in total. The third-order valence-corrected chi connectivity index (χ3v) is 10.7. The van der Waals surface area contributed by atoms with Gasteiger partial charge in [0.05, 0.1) is 22.2 Å². The molecular weight excluding hydrogens is 546 g/mol. The maximum Gasteiger partial charge on any atom is 0.235 e. The Morgan fingerprint density at radius 2 is 1.09 bits per heavy atom. The lowest BCUT2D eigenvalue weighted by Crippen LogP contribution is -2.43. The molecule has 2 aromatic heterocycles. The highest BCUT2D eigenvalue weighted by atomic mass is 15.2. The number of benzene rings is 6. The summed E-state index contributed by atoms with van der Waals surface area (Å²) >= 11 is 0. The predicted octanol–water partition coefficient (Wildman–Crippen LogP) is 10.8. The highest BCUT2D eigenvalue weighted by Crippen LogP contribution is 2.55. The summed E-state index contributed by atoms with van der Waals surface area (Å²) in [5.74, 6) is 0.693. The first-order valence-corrected chi connectivity index (χ1v) is 15.8. The lowest BCUT2D eigenvalue weighted by Gasteiger charge is -2.48. The van der Waals surface area contributed by atoms with Crippen molar-refractivity contribution in [1.82, 2.24) is 14.5 Å². The van der Waals surface area contributed by atoms with Gasteiger partial charge in [0.15, 0.2) is 0 Å². The van der Waals surface area contributed by atoms with Crippen molar-refractivity contribution in [1.29, 1.82) is 0 Å². The molecule has 0 unspecified atom stereocenters. The zero-order valence-electron chi connectivity index (χ0n) is 26.0. The second kappa shape index (κ2) is 9.12. The lowest BCUT2D eigenvalue weighted by atomic mass is 9.55. The molecule has 3 heteroatoms. The molecule has 0 atom stereocenters. The highest BCUT2D eigenvalue weighted by molar-refractivity contribution is 6.11. The van der Waals surface area contributed by atoms with Crippen molar-refractivity contribution in [3.8, 4) is 28.3 Å². The molecule has 1 aliphatic rings. The molecule has 1 aliphatic carbocycles. The maximum atomic E-state index is 5.31. The van der Waals surface area contributed by atoms with Gasteiger partial charge in [-0.3, -0.25) is 4.57 Å². The summed E-state index contributed by atoms with van der Waals surface area (Å²) in [6.07, 6.45) is 0. The molecule has 0 bridgehead atoms. The van der Waals surface area contributed by atoms with Gasteiger partial charge in [-0.05, 0) is 80.3 Å². The molecule has 216 valence electrons. The van der Waals surface area contributed by atoms with Gasteiger partial charge in [-0.25, -0.2) is 9.97 Å². The number of nitrogens with zero attached hydrogens (tertiary/aromatic N) is 3. The molecule has 3 nitrogen and oxygen atoms in total. The fourth-order valence-corrected chi connectivity index (χ4v) is 7.60. The van der Waals surface area contributed by atoms with Crippen molar-refractivity contribution in [3.63, 3.8) is 0 Å². The number of para-hydroxylation sites is 2. The monoisotopic (exact) mass is 579 g/mol. The van der Waals surface area contributed by atoms with E-state index in [9.17, 15) is 0 Å². The Labute approximate surface area is 262 Å². The van der Waals surface area contributed by atoms with Crippen molar-refractivity contribution >= 4 is 43.5 Å². The van der Waals surface area contributed by atoms with Crippen LogP contribution in [0.4, 0.5) is 0 Å². The van der Waals surface area contributed by atoms with E-state index in [-0.39, 0.29) is 10.8 Å². The molecule has 0 aliphatic heterocycles. The Morgan fingerprint density at radius 3 is 1.87 bits per heavy atom. The fourth-order valence-electron chi connectivity index (χ4n) is 7.60. The Hall–Kier alpha value is -5.28. The van der Waals surface area contributed by atoms with E-state index in [1.165, 1.54) is 43.8 Å². The van der Waals surface area contributed by atoms with Crippen molar-refractivity contribution < 1.29 is 0 Å². The van der Waals surface area contributed by atoms with Crippen LogP contribution in [-0.2, 0) is 10.8 Å². The Bertz CT molecular complexity index is 2480. The van der Waals surface area contributed by atoms with Gasteiger partial charge in [-0.2, -0.15) is 0 Å². The van der Waals surface area contributed by atoms with Gasteiger partial charge < -0.3 is 0 Å². The van der Waals surface area contributed by atoms with Gasteiger partial charge in [0.25, 0.3) is 0 Å². The predicted molar refractivity (Wildman–Crippen MR) is 188 cm³/mol. The normalized spacial score (nSPS) is 15.0. The average Bonchev–Trinajstić information content (AvgIpc) is 3.40. The zero-order chi connectivity index (χ0) is 30.5. The number of fused-ring (bicyclic) bond motifs is 8. The molecule has 0 saturated heterocycles. The van der Waals surface area contributed by atoms with E-state index in [1.807, 2.05) is 6.07 Å². The van der Waals surface area contributed by atoms with Crippen LogP contribution >= 0.6 is 0 Å². The molecule has 0 spiro atoms. The molecule has 0 saturated carbocycles. The van der Waals surface area contributed by atoms with Gasteiger partial charge in [-0.1, -0.05) is 119 Å². The summed E-state index contributed by atoms with van der Waals surface area (Å²) < 4.78 is 2.28. The number of hydrogen-bond donors (Lipinski definition) is 0. The summed E-state index contributed by atoms with van der Waals surface area (Å²) in [5, 5.41) is 6.05. The first-order chi connectivity index (χ1) is 21.8. The van der Waals surface area contributed by atoms with Crippen LogP contribution in [0, 0.1) is 0 Å². The van der Waals surface area contributed by atoms with E-state index in [4.69, 9.17) is 9.97 Å². The van der Waals surface area contributed by atoms with Crippen molar-refractivity contribution in [2.45, 2.75) is 38.5 Å². The van der Waals surface area contributed by atoms with E-state index >= 15 is 0 Å². The molecule has 8 aromatic rings. The topological polar surface area (TPSA) is 30.7 Å². The molecule has 9 rings (SSSR count). The molecular formula is C42H33N3. The fraction of sp³-hybridized carbons (Fsp3) is 0.143. The summed E-state index contributed by atoms with van der Waals surface area (Å²) in [6.45, 7) is 9.62. The molecule has 2 heterocycles. The van der Waals surface area contributed by atoms with Crippen molar-refractivity contribution in [2.24, 2.45) is 0 Å². The van der Waals surface area contributed by atoms with E-state index in [1.54, 1.807) is 0 Å². The quantitative estimate of drug-likeness (QED) is 0.204. The second-order valence-electron chi connectivity index (χ2n) is 13.5. The minimum atomic E-state index is -0.132. The van der Waals surface area contributed by atoms with Gasteiger partial charge in [0, 0.05) is 21.7 Å². The number of rotatable bonds is 2. The van der Waals surface area contributed by atoms with Gasteiger partial charge in [0.2, 0.25) is 5.95 Å². The first kappa shape index (κ1) is 26.2. The molecule has 45 heavy (non-hydrogen) atoms. The standard InChI is InChI=1S/C42H33N3/c1-41(2)34-23-28-17-9-8-16-27(28)22-31(34)32-24-33-29-18-11-13-21-37(29)45(38(33)25-35(32)42(41,3)4)40-43-36-20-12-10-19-30(36)39(44-40)26-14-6-5-7-15-26/h5-25H,1-4H3. The largest absolute Gasteiger partial charge is 0.278 e. The van der Waals surface area contributed by atoms with Crippen LogP contribution in [0.3, 0.4) is 0 Å². The van der Waals surface area contributed by atoms with E-state index in [0.717, 1.165) is 33.2 Å². The van der Waals surface area contributed by atoms with Crippen LogP contribution in [0.15, 0.2) is 127 Å². The van der Waals surface area contributed by atoms with Gasteiger partial charge >= 0.3 is 0 Å². The average molecular weight is 580 g/mol. The van der Waals surface area contributed by atoms with Gasteiger partial charge in [0.1, 0.15) is 0 Å². The minimum absolute atomic E-state index is 0.0934. The first-order valence-electron chi connectivity index (χ1n) is 15.8. The molecule has 6 aromatic carbocycles. The van der Waals surface area contributed by atoms with Crippen LogP contribution < -0.4 is 0 Å². The van der Waals surface area contributed by atoms with Crippen LogP contribution in [0.1, 0.15) is 38.8 Å². The van der Waals surface area contributed by atoms with E-state index < -0.39 is 0 Å². The van der Waals surface area contributed by atoms with Crippen molar-refractivity contribution in [3.05, 3.63) is 139 Å².